The Balaban J connectivity index is 1.73. The van der Waals surface area contributed by atoms with Crippen LogP contribution in [0.3, 0.4) is 0 Å². The first kappa shape index (κ1) is 24.5. The van der Waals surface area contributed by atoms with Crippen molar-refractivity contribution in [1.29, 1.82) is 0 Å². The topological polar surface area (TPSA) is 130 Å². The molecule has 0 spiro atoms. The third-order valence-electron chi connectivity index (χ3n) is 4.52. The van der Waals surface area contributed by atoms with Gasteiger partial charge in [-0.05, 0) is 25.1 Å². The van der Waals surface area contributed by atoms with E-state index in [1.807, 2.05) is 0 Å². The van der Waals surface area contributed by atoms with Gasteiger partial charge in [0.25, 0.3) is 11.6 Å². The number of carbonyl (C=O) groups excluding carboxylic acids is 2. The van der Waals surface area contributed by atoms with Crippen LogP contribution >= 0.6 is 11.3 Å². The van der Waals surface area contributed by atoms with Gasteiger partial charge in [0.2, 0.25) is 0 Å². The number of nitro benzene ring substituents is 1. The van der Waals surface area contributed by atoms with Gasteiger partial charge in [-0.2, -0.15) is 0 Å². The summed E-state index contributed by atoms with van der Waals surface area (Å²) >= 11 is 1.01. The van der Waals surface area contributed by atoms with Crippen molar-refractivity contribution in [1.82, 2.24) is 4.98 Å². The molecule has 34 heavy (non-hydrogen) atoms. The maximum atomic E-state index is 13.4. The van der Waals surface area contributed by atoms with Crippen molar-refractivity contribution >= 4 is 34.0 Å². The molecule has 3 rings (SSSR count). The number of rotatable bonds is 8. The third kappa shape index (κ3) is 5.26. The Kier molecular flexibility index (Phi) is 7.36. The lowest BCUT2D eigenvalue weighted by Crippen LogP contribution is -2.30. The van der Waals surface area contributed by atoms with E-state index >= 15 is 0 Å². The minimum Gasteiger partial charge on any atom is -0.493 e. The predicted molar refractivity (Wildman–Crippen MR) is 117 cm³/mol. The molecule has 0 radical (unpaired) electrons. The van der Waals surface area contributed by atoms with Gasteiger partial charge < -0.3 is 14.2 Å². The van der Waals surface area contributed by atoms with Gasteiger partial charge in [0, 0.05) is 17.0 Å². The van der Waals surface area contributed by atoms with Crippen molar-refractivity contribution < 1.29 is 37.5 Å². The van der Waals surface area contributed by atoms with E-state index in [1.54, 1.807) is 0 Å². The highest BCUT2D eigenvalue weighted by Crippen LogP contribution is 2.35. The van der Waals surface area contributed by atoms with Crippen LogP contribution in [0.4, 0.5) is 19.6 Å². The molecule has 3 aromatic rings. The molecule has 13 heteroatoms. The number of nitrogens with zero attached hydrogens (tertiary/aromatic N) is 2. The molecule has 1 heterocycles. The molecule has 1 atom stereocenters. The number of ether oxygens (including phenoxy) is 3. The lowest BCUT2D eigenvalue weighted by atomic mass is 10.1. The standard InChI is InChI=1S/C21H17F2N3O7S/c1-10(33-20(28)12-7-17(31-2)18(32-3)8-16(12)26(29)30)19(27)25-21-24-15(9-34-21)11-4-5-13(22)14(23)6-11/h4-10H,1-3H3,(H,24,25,27)/t10-/m1/s1. The third-order valence-corrected chi connectivity index (χ3v) is 5.28. The molecule has 2 aromatic carbocycles. The Bertz CT molecular complexity index is 1270. The summed E-state index contributed by atoms with van der Waals surface area (Å²) in [4.78, 5) is 39.7. The number of halogens is 2. The van der Waals surface area contributed by atoms with E-state index in [0.717, 1.165) is 35.6 Å². The van der Waals surface area contributed by atoms with Crippen LogP contribution in [-0.2, 0) is 9.53 Å². The molecule has 0 aliphatic rings. The molecule has 0 saturated carbocycles. The lowest BCUT2D eigenvalue weighted by molar-refractivity contribution is -0.385. The second-order valence-electron chi connectivity index (χ2n) is 6.69. The summed E-state index contributed by atoms with van der Waals surface area (Å²) in [6.07, 6.45) is -1.35. The predicted octanol–water partition coefficient (Wildman–Crippen LogP) is 4.20. The Morgan fingerprint density at radius 1 is 1.12 bits per heavy atom. The molecule has 1 N–H and O–H groups in total. The Morgan fingerprint density at radius 3 is 2.41 bits per heavy atom. The second-order valence-corrected chi connectivity index (χ2v) is 7.54. The first-order chi connectivity index (χ1) is 16.1. The number of nitrogens with one attached hydrogen (secondary N) is 1. The number of hydrogen-bond donors (Lipinski definition) is 1. The average Bonchev–Trinajstić information content (AvgIpc) is 3.27. The van der Waals surface area contributed by atoms with E-state index < -0.39 is 45.8 Å². The smallest absolute Gasteiger partial charge is 0.346 e. The van der Waals surface area contributed by atoms with Crippen LogP contribution in [0.1, 0.15) is 17.3 Å². The second kappa shape index (κ2) is 10.2. The molecular formula is C21H17F2N3O7S. The van der Waals surface area contributed by atoms with Crippen molar-refractivity contribution in [3.05, 3.63) is 63.0 Å². The van der Waals surface area contributed by atoms with Gasteiger partial charge in [0.05, 0.1) is 30.9 Å². The minimum absolute atomic E-state index is 0.0390. The molecule has 0 unspecified atom stereocenters. The number of anilines is 1. The van der Waals surface area contributed by atoms with E-state index in [2.05, 4.69) is 10.3 Å². The van der Waals surface area contributed by atoms with Crippen LogP contribution in [0.25, 0.3) is 11.3 Å². The molecular weight excluding hydrogens is 476 g/mol. The van der Waals surface area contributed by atoms with Crippen molar-refractivity contribution in [2.45, 2.75) is 13.0 Å². The first-order valence-corrected chi connectivity index (χ1v) is 10.4. The molecule has 0 fully saturated rings. The number of esters is 1. The number of methoxy groups -OCH3 is 2. The highest BCUT2D eigenvalue weighted by atomic mass is 32.1. The zero-order valence-electron chi connectivity index (χ0n) is 18.0. The molecule has 1 amide bonds. The number of amides is 1. The van der Waals surface area contributed by atoms with Gasteiger partial charge >= 0.3 is 5.97 Å². The highest BCUT2D eigenvalue weighted by molar-refractivity contribution is 7.14. The zero-order chi connectivity index (χ0) is 25.0. The van der Waals surface area contributed by atoms with E-state index in [0.29, 0.717) is 11.3 Å². The maximum Gasteiger partial charge on any atom is 0.346 e. The van der Waals surface area contributed by atoms with E-state index in [-0.39, 0.29) is 16.6 Å². The van der Waals surface area contributed by atoms with Gasteiger partial charge in [-0.1, -0.05) is 0 Å². The highest BCUT2D eigenvalue weighted by Gasteiger charge is 2.28. The van der Waals surface area contributed by atoms with Crippen molar-refractivity contribution in [3.63, 3.8) is 0 Å². The Morgan fingerprint density at radius 2 is 1.79 bits per heavy atom. The summed E-state index contributed by atoms with van der Waals surface area (Å²) < 4.78 is 41.7. The number of nitro groups is 1. The largest absolute Gasteiger partial charge is 0.493 e. The fourth-order valence-electron chi connectivity index (χ4n) is 2.79. The molecule has 178 valence electrons. The molecule has 0 saturated heterocycles. The Hall–Kier alpha value is -4.13. The monoisotopic (exact) mass is 493 g/mol. The van der Waals surface area contributed by atoms with Gasteiger partial charge in [-0.3, -0.25) is 20.2 Å². The van der Waals surface area contributed by atoms with Crippen LogP contribution in [-0.4, -0.2) is 42.1 Å². The van der Waals surface area contributed by atoms with Crippen molar-refractivity contribution in [3.8, 4) is 22.8 Å². The fourth-order valence-corrected chi connectivity index (χ4v) is 3.51. The van der Waals surface area contributed by atoms with Crippen LogP contribution in [0.2, 0.25) is 0 Å². The SMILES string of the molecule is COc1cc(C(=O)O[C@H](C)C(=O)Nc2nc(-c3ccc(F)c(F)c3)cs2)c([N+](=O)[O-])cc1OC. The summed E-state index contributed by atoms with van der Waals surface area (Å²) in [7, 11) is 2.57. The molecule has 0 aliphatic heterocycles. The van der Waals surface area contributed by atoms with Gasteiger partial charge in [-0.25, -0.2) is 18.6 Å². The van der Waals surface area contributed by atoms with E-state index in [1.165, 1.54) is 32.6 Å². The number of carbonyl (C=O) groups is 2. The zero-order valence-corrected chi connectivity index (χ0v) is 18.8. The first-order valence-electron chi connectivity index (χ1n) is 9.47. The number of hydrogen-bond acceptors (Lipinski definition) is 9. The average molecular weight is 493 g/mol. The number of aromatic nitrogens is 1. The molecule has 1 aromatic heterocycles. The summed E-state index contributed by atoms with van der Waals surface area (Å²) in [5.41, 5.74) is -0.427. The molecule has 0 aliphatic carbocycles. The van der Waals surface area contributed by atoms with Crippen LogP contribution in [0.5, 0.6) is 11.5 Å². The molecule has 10 nitrogen and oxygen atoms in total. The van der Waals surface area contributed by atoms with Gasteiger partial charge in [0.1, 0.15) is 5.56 Å². The summed E-state index contributed by atoms with van der Waals surface area (Å²) in [5, 5.41) is 15.5. The fraction of sp³-hybridized carbons (Fsp3) is 0.190. The van der Waals surface area contributed by atoms with Crippen molar-refractivity contribution in [2.75, 3.05) is 19.5 Å². The summed E-state index contributed by atoms with van der Waals surface area (Å²) in [6, 6.07) is 5.35. The summed E-state index contributed by atoms with van der Waals surface area (Å²) in [6.45, 7) is 1.27. The molecule has 0 bridgehead atoms. The van der Waals surface area contributed by atoms with Gasteiger partial charge in [-0.15, -0.1) is 11.3 Å². The normalized spacial score (nSPS) is 11.4. The number of thiazole rings is 1. The minimum atomic E-state index is -1.35. The lowest BCUT2D eigenvalue weighted by Gasteiger charge is -2.14. The van der Waals surface area contributed by atoms with E-state index in [4.69, 9.17) is 14.2 Å². The van der Waals surface area contributed by atoms with Crippen LogP contribution in [0.15, 0.2) is 35.7 Å². The Labute approximate surface area is 195 Å². The van der Waals surface area contributed by atoms with Gasteiger partial charge in [0.15, 0.2) is 34.4 Å². The maximum absolute atomic E-state index is 13.4. The summed E-state index contributed by atoms with van der Waals surface area (Å²) in [5.74, 6) is -3.83. The van der Waals surface area contributed by atoms with Crippen LogP contribution < -0.4 is 14.8 Å². The van der Waals surface area contributed by atoms with Crippen LogP contribution in [0, 0.1) is 21.7 Å². The van der Waals surface area contributed by atoms with Crippen molar-refractivity contribution in [2.24, 2.45) is 0 Å². The number of benzene rings is 2. The van der Waals surface area contributed by atoms with E-state index in [9.17, 15) is 28.5 Å². The quantitative estimate of drug-likeness (QED) is 0.281.